The van der Waals surface area contributed by atoms with Gasteiger partial charge in [0.15, 0.2) is 5.78 Å². The summed E-state index contributed by atoms with van der Waals surface area (Å²) in [5.41, 5.74) is 1.94. The van der Waals surface area contributed by atoms with Crippen molar-refractivity contribution in [1.29, 1.82) is 0 Å². The Morgan fingerprint density at radius 1 is 1.25 bits per heavy atom. The van der Waals surface area contributed by atoms with Gasteiger partial charge in [-0.05, 0) is 13.3 Å². The van der Waals surface area contributed by atoms with Gasteiger partial charge in [-0.15, -0.1) is 0 Å². The number of fused-ring (bicyclic) bond motifs is 1. The van der Waals surface area contributed by atoms with E-state index < -0.39 is 0 Å². The van der Waals surface area contributed by atoms with Gasteiger partial charge >= 0.3 is 0 Å². The Hall–Kier alpha value is -1.68. The Morgan fingerprint density at radius 3 is 2.75 bits per heavy atom. The lowest BCUT2D eigenvalue weighted by atomic mass is 10.1. The van der Waals surface area contributed by atoms with Gasteiger partial charge in [0.1, 0.15) is 0 Å². The molecule has 0 bridgehead atoms. The largest absolute Gasteiger partial charge is 0.337 e. The molecule has 1 unspecified atom stereocenters. The van der Waals surface area contributed by atoms with Crippen LogP contribution in [0.25, 0.3) is 0 Å². The number of Topliss-reactive ketones (excluding diaryl/α,β-unsaturated/α-hetero) is 1. The molecule has 2 aliphatic rings. The van der Waals surface area contributed by atoms with Crippen LogP contribution in [0.2, 0.25) is 0 Å². The summed E-state index contributed by atoms with van der Waals surface area (Å²) in [6.07, 6.45) is 1.61. The predicted molar refractivity (Wildman–Crippen MR) is 76.7 cm³/mol. The van der Waals surface area contributed by atoms with Crippen molar-refractivity contribution < 1.29 is 9.59 Å². The molecule has 106 valence electrons. The van der Waals surface area contributed by atoms with Gasteiger partial charge in [-0.3, -0.25) is 14.5 Å². The molecular weight excluding hydrogens is 252 g/mol. The Kier molecular flexibility index (Phi) is 3.57. The molecule has 0 aromatic heterocycles. The normalized spacial score (nSPS) is 22.9. The fourth-order valence-corrected chi connectivity index (χ4v) is 3.11. The van der Waals surface area contributed by atoms with Crippen molar-refractivity contribution in [3.8, 4) is 0 Å². The molecule has 1 aromatic carbocycles. The maximum Gasteiger partial charge on any atom is 0.222 e. The number of amides is 1. The molecule has 2 aliphatic heterocycles. The number of ketones is 1. The average molecular weight is 272 g/mol. The lowest BCUT2D eigenvalue weighted by molar-refractivity contribution is -0.130. The van der Waals surface area contributed by atoms with Crippen molar-refractivity contribution >= 4 is 11.7 Å². The van der Waals surface area contributed by atoms with Gasteiger partial charge in [0.05, 0.1) is 6.54 Å². The van der Waals surface area contributed by atoms with Crippen LogP contribution >= 0.6 is 0 Å². The maximum atomic E-state index is 12.3. The highest BCUT2D eigenvalue weighted by atomic mass is 16.2. The topological polar surface area (TPSA) is 40.6 Å². The summed E-state index contributed by atoms with van der Waals surface area (Å²) in [6, 6.07) is 8.06. The van der Waals surface area contributed by atoms with Gasteiger partial charge in [0.25, 0.3) is 0 Å². The minimum absolute atomic E-state index is 0.169. The quantitative estimate of drug-likeness (QED) is 0.783. The van der Waals surface area contributed by atoms with Gasteiger partial charge in [-0.25, -0.2) is 0 Å². The third-order valence-electron chi connectivity index (χ3n) is 4.32. The maximum absolute atomic E-state index is 12.3. The van der Waals surface area contributed by atoms with Gasteiger partial charge in [0.2, 0.25) is 5.91 Å². The first-order chi connectivity index (χ1) is 9.63. The zero-order valence-corrected chi connectivity index (χ0v) is 11.8. The number of piperazine rings is 1. The van der Waals surface area contributed by atoms with Crippen LogP contribution in [-0.4, -0.2) is 53.7 Å². The summed E-state index contributed by atoms with van der Waals surface area (Å²) in [7, 11) is 0. The third-order valence-corrected chi connectivity index (χ3v) is 4.32. The van der Waals surface area contributed by atoms with Crippen LogP contribution in [0.15, 0.2) is 24.3 Å². The van der Waals surface area contributed by atoms with Crippen LogP contribution in [0, 0.1) is 6.92 Å². The summed E-state index contributed by atoms with van der Waals surface area (Å²) < 4.78 is 0. The number of hydrogen-bond acceptors (Lipinski definition) is 3. The van der Waals surface area contributed by atoms with Gasteiger partial charge in [0, 0.05) is 37.7 Å². The SMILES string of the molecule is Cc1ccc(C(=O)CN2CCN3C(=O)CCC3C2)cc1. The molecule has 1 atom stereocenters. The van der Waals surface area contributed by atoms with Gasteiger partial charge in [-0.2, -0.15) is 0 Å². The molecule has 0 spiro atoms. The number of carbonyl (C=O) groups excluding carboxylic acids is 2. The Morgan fingerprint density at radius 2 is 2.00 bits per heavy atom. The predicted octanol–water partition coefficient (Wildman–Crippen LogP) is 1.48. The lowest BCUT2D eigenvalue weighted by Crippen LogP contribution is -2.52. The molecule has 0 radical (unpaired) electrons. The van der Waals surface area contributed by atoms with Crippen LogP contribution in [0.5, 0.6) is 0 Å². The van der Waals surface area contributed by atoms with Crippen molar-refractivity contribution in [3.05, 3.63) is 35.4 Å². The second kappa shape index (κ2) is 5.37. The number of carbonyl (C=O) groups is 2. The molecule has 2 heterocycles. The summed E-state index contributed by atoms with van der Waals surface area (Å²) >= 11 is 0. The van der Waals surface area contributed by atoms with E-state index in [0.29, 0.717) is 19.0 Å². The van der Waals surface area contributed by atoms with Crippen LogP contribution in [0.3, 0.4) is 0 Å². The summed E-state index contributed by atoms with van der Waals surface area (Å²) in [5, 5.41) is 0. The van der Waals surface area contributed by atoms with E-state index in [1.807, 2.05) is 36.1 Å². The van der Waals surface area contributed by atoms with Gasteiger partial charge in [-0.1, -0.05) is 29.8 Å². The van der Waals surface area contributed by atoms with Crippen LogP contribution < -0.4 is 0 Å². The van der Waals surface area contributed by atoms with E-state index in [1.165, 1.54) is 5.56 Å². The standard InChI is InChI=1S/C16H20N2O2/c1-12-2-4-13(5-3-12)15(19)11-17-8-9-18-14(10-17)6-7-16(18)20/h2-5,14H,6-11H2,1H3. The molecule has 4 nitrogen and oxygen atoms in total. The average Bonchev–Trinajstić information content (AvgIpc) is 2.81. The minimum Gasteiger partial charge on any atom is -0.337 e. The summed E-state index contributed by atoms with van der Waals surface area (Å²) in [5.74, 6) is 0.447. The van der Waals surface area contributed by atoms with E-state index >= 15 is 0 Å². The lowest BCUT2D eigenvalue weighted by Gasteiger charge is -2.37. The van der Waals surface area contributed by atoms with E-state index in [9.17, 15) is 9.59 Å². The molecule has 2 saturated heterocycles. The number of benzene rings is 1. The van der Waals surface area contributed by atoms with E-state index in [2.05, 4.69) is 4.90 Å². The highest BCUT2D eigenvalue weighted by molar-refractivity contribution is 5.97. The van der Waals surface area contributed by atoms with Crippen LogP contribution in [0.1, 0.15) is 28.8 Å². The van der Waals surface area contributed by atoms with Crippen molar-refractivity contribution in [2.45, 2.75) is 25.8 Å². The Bertz CT molecular complexity index is 524. The van der Waals surface area contributed by atoms with Crippen molar-refractivity contribution in [3.63, 3.8) is 0 Å². The number of rotatable bonds is 3. The third kappa shape index (κ3) is 2.61. The zero-order valence-electron chi connectivity index (χ0n) is 11.8. The molecular formula is C16H20N2O2. The first kappa shape index (κ1) is 13.3. The summed E-state index contributed by atoms with van der Waals surface area (Å²) in [6.45, 7) is 4.89. The Balaban J connectivity index is 1.60. The van der Waals surface area contributed by atoms with E-state index in [4.69, 9.17) is 0 Å². The van der Waals surface area contributed by atoms with E-state index in [-0.39, 0.29) is 11.7 Å². The number of nitrogens with zero attached hydrogens (tertiary/aromatic N) is 2. The number of hydrogen-bond donors (Lipinski definition) is 0. The Labute approximate surface area is 119 Å². The first-order valence-corrected chi connectivity index (χ1v) is 7.25. The smallest absolute Gasteiger partial charge is 0.222 e. The number of aryl methyl sites for hydroxylation is 1. The fraction of sp³-hybridized carbons (Fsp3) is 0.500. The highest BCUT2D eigenvalue weighted by Gasteiger charge is 2.35. The molecule has 3 rings (SSSR count). The second-order valence-electron chi connectivity index (χ2n) is 5.80. The minimum atomic E-state index is 0.169. The van der Waals surface area contributed by atoms with Crippen molar-refractivity contribution in [2.75, 3.05) is 26.2 Å². The molecule has 20 heavy (non-hydrogen) atoms. The molecule has 4 heteroatoms. The molecule has 0 aliphatic carbocycles. The fourth-order valence-electron chi connectivity index (χ4n) is 3.11. The molecule has 1 aromatic rings. The molecule has 0 saturated carbocycles. The van der Waals surface area contributed by atoms with Crippen molar-refractivity contribution in [1.82, 2.24) is 9.80 Å². The van der Waals surface area contributed by atoms with Crippen molar-refractivity contribution in [2.24, 2.45) is 0 Å². The van der Waals surface area contributed by atoms with Gasteiger partial charge < -0.3 is 4.90 Å². The van der Waals surface area contributed by atoms with E-state index in [0.717, 1.165) is 31.6 Å². The molecule has 0 N–H and O–H groups in total. The monoisotopic (exact) mass is 272 g/mol. The second-order valence-corrected chi connectivity index (χ2v) is 5.80. The highest BCUT2D eigenvalue weighted by Crippen LogP contribution is 2.22. The first-order valence-electron chi connectivity index (χ1n) is 7.25. The molecule has 1 amide bonds. The van der Waals surface area contributed by atoms with E-state index in [1.54, 1.807) is 0 Å². The molecule has 2 fully saturated rings. The van der Waals surface area contributed by atoms with Crippen LogP contribution in [0.4, 0.5) is 0 Å². The summed E-state index contributed by atoms with van der Waals surface area (Å²) in [4.78, 5) is 28.1. The zero-order chi connectivity index (χ0) is 14.1. The van der Waals surface area contributed by atoms with Crippen LogP contribution in [-0.2, 0) is 4.79 Å².